The van der Waals surface area contributed by atoms with E-state index in [1.165, 1.54) is 6.92 Å². The molecule has 1 heterocycles. The van der Waals surface area contributed by atoms with Crippen molar-refractivity contribution in [1.82, 2.24) is 0 Å². The monoisotopic (exact) mass is 162 g/mol. The van der Waals surface area contributed by atoms with Gasteiger partial charge in [0.15, 0.2) is 0 Å². The third-order valence-electron chi connectivity index (χ3n) is 1.68. The maximum atomic E-state index is 10.7. The van der Waals surface area contributed by atoms with Crippen molar-refractivity contribution in [2.24, 2.45) is 0 Å². The summed E-state index contributed by atoms with van der Waals surface area (Å²) in [6, 6.07) is 0. The SMILES string of the molecule is CC1O[C@H](O)C(=O)C(O)C1O. The highest BCUT2D eigenvalue weighted by Gasteiger charge is 2.40. The predicted octanol–water partition coefficient (Wildman–Crippen LogP) is -1.99. The Labute approximate surface area is 63.2 Å². The Morgan fingerprint density at radius 3 is 2.45 bits per heavy atom. The van der Waals surface area contributed by atoms with Gasteiger partial charge in [0, 0.05) is 0 Å². The largest absolute Gasteiger partial charge is 0.387 e. The maximum absolute atomic E-state index is 10.7. The Hall–Kier alpha value is -0.490. The smallest absolute Gasteiger partial charge is 0.219 e. The van der Waals surface area contributed by atoms with Gasteiger partial charge in [-0.2, -0.15) is 0 Å². The third-order valence-corrected chi connectivity index (χ3v) is 1.68. The molecule has 1 aliphatic rings. The summed E-state index contributed by atoms with van der Waals surface area (Å²) < 4.78 is 4.58. The number of carbonyl (C=O) groups is 1. The molecule has 0 radical (unpaired) electrons. The van der Waals surface area contributed by atoms with E-state index in [9.17, 15) is 4.79 Å². The summed E-state index contributed by atoms with van der Waals surface area (Å²) in [4.78, 5) is 10.7. The van der Waals surface area contributed by atoms with Gasteiger partial charge in [-0.05, 0) is 6.92 Å². The van der Waals surface area contributed by atoms with Crippen LogP contribution in [0.3, 0.4) is 0 Å². The van der Waals surface area contributed by atoms with Crippen molar-refractivity contribution >= 4 is 5.78 Å². The fraction of sp³-hybridized carbons (Fsp3) is 0.833. The van der Waals surface area contributed by atoms with Gasteiger partial charge in [0.25, 0.3) is 0 Å². The Balaban J connectivity index is 2.70. The molecular formula is C6H10O5. The average Bonchev–Trinajstić information content (AvgIpc) is 1.97. The molecular weight excluding hydrogens is 152 g/mol. The lowest BCUT2D eigenvalue weighted by Gasteiger charge is -2.31. The summed E-state index contributed by atoms with van der Waals surface area (Å²) in [7, 11) is 0. The Morgan fingerprint density at radius 2 is 1.91 bits per heavy atom. The molecule has 1 rings (SSSR count). The van der Waals surface area contributed by atoms with Crippen LogP contribution < -0.4 is 0 Å². The molecule has 0 aromatic carbocycles. The number of aliphatic hydroxyl groups excluding tert-OH is 3. The van der Waals surface area contributed by atoms with Crippen molar-refractivity contribution in [3.8, 4) is 0 Å². The molecule has 64 valence electrons. The van der Waals surface area contributed by atoms with Crippen molar-refractivity contribution in [2.45, 2.75) is 31.5 Å². The fourth-order valence-corrected chi connectivity index (χ4v) is 0.922. The zero-order chi connectivity index (χ0) is 8.59. The minimum Gasteiger partial charge on any atom is -0.387 e. The van der Waals surface area contributed by atoms with Crippen molar-refractivity contribution in [3.05, 3.63) is 0 Å². The van der Waals surface area contributed by atoms with Crippen LogP contribution in [-0.4, -0.2) is 45.7 Å². The number of hydrogen-bond acceptors (Lipinski definition) is 5. The highest BCUT2D eigenvalue weighted by Crippen LogP contribution is 2.15. The maximum Gasteiger partial charge on any atom is 0.219 e. The summed E-state index contributed by atoms with van der Waals surface area (Å²) >= 11 is 0. The second-order valence-electron chi connectivity index (χ2n) is 2.53. The van der Waals surface area contributed by atoms with Crippen molar-refractivity contribution < 1.29 is 24.9 Å². The van der Waals surface area contributed by atoms with Crippen LogP contribution in [0.5, 0.6) is 0 Å². The molecule has 1 saturated heterocycles. The lowest BCUT2D eigenvalue weighted by molar-refractivity contribution is -0.217. The number of Topliss-reactive ketones (excluding diaryl/α,β-unsaturated/α-hetero) is 1. The van der Waals surface area contributed by atoms with Crippen LogP contribution in [0.25, 0.3) is 0 Å². The highest BCUT2D eigenvalue weighted by atomic mass is 16.6. The van der Waals surface area contributed by atoms with Crippen LogP contribution in [0.4, 0.5) is 0 Å². The lowest BCUT2D eigenvalue weighted by atomic mass is 10.0. The summed E-state index contributed by atoms with van der Waals surface area (Å²) in [5.41, 5.74) is 0. The molecule has 0 amide bonds. The topological polar surface area (TPSA) is 87.0 Å². The molecule has 0 saturated carbocycles. The lowest BCUT2D eigenvalue weighted by Crippen LogP contribution is -2.53. The zero-order valence-electron chi connectivity index (χ0n) is 5.97. The van der Waals surface area contributed by atoms with E-state index in [1.54, 1.807) is 0 Å². The first-order chi connectivity index (χ1) is 5.04. The highest BCUT2D eigenvalue weighted by molar-refractivity contribution is 5.87. The standard InChI is InChI=1S/C6H10O5/c1-2-3(7)4(8)5(9)6(10)11-2/h2-4,6-8,10H,1H3/t2?,3?,4?,6-/m0/s1. The van der Waals surface area contributed by atoms with E-state index in [4.69, 9.17) is 15.3 Å². The van der Waals surface area contributed by atoms with E-state index in [2.05, 4.69) is 4.74 Å². The van der Waals surface area contributed by atoms with Gasteiger partial charge < -0.3 is 20.1 Å². The molecule has 0 bridgehead atoms. The van der Waals surface area contributed by atoms with Gasteiger partial charge in [-0.25, -0.2) is 0 Å². The second kappa shape index (κ2) is 2.86. The third kappa shape index (κ3) is 1.41. The Bertz CT molecular complexity index is 168. The number of hydrogen-bond donors (Lipinski definition) is 3. The van der Waals surface area contributed by atoms with Gasteiger partial charge in [-0.15, -0.1) is 0 Å². The van der Waals surface area contributed by atoms with E-state index >= 15 is 0 Å². The summed E-state index contributed by atoms with van der Waals surface area (Å²) in [5, 5.41) is 26.8. The van der Waals surface area contributed by atoms with Gasteiger partial charge in [-0.3, -0.25) is 4.79 Å². The van der Waals surface area contributed by atoms with E-state index in [0.717, 1.165) is 0 Å². The summed E-state index contributed by atoms with van der Waals surface area (Å²) in [5.74, 6) is -0.893. The van der Waals surface area contributed by atoms with Gasteiger partial charge >= 0.3 is 0 Å². The minimum absolute atomic E-state index is 0.724. The number of ketones is 1. The Morgan fingerprint density at radius 1 is 1.36 bits per heavy atom. The molecule has 0 aliphatic carbocycles. The molecule has 0 aromatic heterocycles. The van der Waals surface area contributed by atoms with Crippen LogP contribution in [0.2, 0.25) is 0 Å². The summed E-state index contributed by atoms with van der Waals surface area (Å²) in [6.45, 7) is 1.46. The summed E-state index contributed by atoms with van der Waals surface area (Å²) in [6.07, 6.45) is -5.11. The van der Waals surface area contributed by atoms with E-state index < -0.39 is 30.4 Å². The normalized spacial score (nSPS) is 46.0. The molecule has 4 atom stereocenters. The molecule has 5 nitrogen and oxygen atoms in total. The molecule has 0 spiro atoms. The molecule has 11 heavy (non-hydrogen) atoms. The van der Waals surface area contributed by atoms with E-state index in [-0.39, 0.29) is 0 Å². The molecule has 1 aliphatic heterocycles. The quantitative estimate of drug-likeness (QED) is 0.384. The van der Waals surface area contributed by atoms with E-state index in [0.29, 0.717) is 0 Å². The van der Waals surface area contributed by atoms with Crippen molar-refractivity contribution in [2.75, 3.05) is 0 Å². The fourth-order valence-electron chi connectivity index (χ4n) is 0.922. The first-order valence-corrected chi connectivity index (χ1v) is 3.27. The van der Waals surface area contributed by atoms with Crippen LogP contribution >= 0.6 is 0 Å². The van der Waals surface area contributed by atoms with Crippen LogP contribution in [-0.2, 0) is 9.53 Å². The van der Waals surface area contributed by atoms with Gasteiger partial charge in [0.1, 0.15) is 12.2 Å². The van der Waals surface area contributed by atoms with Crippen molar-refractivity contribution in [3.63, 3.8) is 0 Å². The molecule has 3 N–H and O–H groups in total. The Kier molecular flexibility index (Phi) is 2.24. The van der Waals surface area contributed by atoms with Crippen LogP contribution in [0.15, 0.2) is 0 Å². The number of ether oxygens (including phenoxy) is 1. The van der Waals surface area contributed by atoms with Crippen LogP contribution in [0, 0.1) is 0 Å². The molecule has 1 fully saturated rings. The zero-order valence-corrected chi connectivity index (χ0v) is 5.97. The van der Waals surface area contributed by atoms with Gasteiger partial charge in [0.2, 0.25) is 12.1 Å². The predicted molar refractivity (Wildman–Crippen MR) is 33.6 cm³/mol. The first-order valence-electron chi connectivity index (χ1n) is 3.27. The minimum atomic E-state index is -1.61. The number of aliphatic hydroxyl groups is 3. The van der Waals surface area contributed by atoms with E-state index in [1.807, 2.05) is 0 Å². The second-order valence-corrected chi connectivity index (χ2v) is 2.53. The first kappa shape index (κ1) is 8.61. The number of carbonyl (C=O) groups excluding carboxylic acids is 1. The molecule has 0 aromatic rings. The van der Waals surface area contributed by atoms with Gasteiger partial charge in [0.05, 0.1) is 6.10 Å². The molecule has 5 heteroatoms. The van der Waals surface area contributed by atoms with Crippen LogP contribution in [0.1, 0.15) is 6.92 Å². The van der Waals surface area contributed by atoms with Crippen molar-refractivity contribution in [1.29, 1.82) is 0 Å². The molecule has 3 unspecified atom stereocenters. The average molecular weight is 162 g/mol. The number of rotatable bonds is 0. The van der Waals surface area contributed by atoms with Gasteiger partial charge in [-0.1, -0.05) is 0 Å².